The van der Waals surface area contributed by atoms with Crippen LogP contribution >= 0.6 is 0 Å². The van der Waals surface area contributed by atoms with Gasteiger partial charge in [-0.1, -0.05) is 32.6 Å². The smallest absolute Gasteiger partial charge is 0.416 e. The second-order valence-electron chi connectivity index (χ2n) is 9.61. The van der Waals surface area contributed by atoms with E-state index in [4.69, 9.17) is 4.74 Å². The summed E-state index contributed by atoms with van der Waals surface area (Å²) in [6.45, 7) is 5.90. The molecule has 0 unspecified atom stereocenters. The first-order chi connectivity index (χ1) is 19.4. The Kier molecular flexibility index (Phi) is 9.05. The standard InChI is InChI=1S/C28H32F3N5O4S/c1-4-6-7-8-9-10-24-32-18(3)25-27(37)33-26(34-36(24)25)22-17-21(15-16-23(22)40-5-2)41(38,39)35-20-13-11-19(12-14-20)28(29,30)31/h11-17,35H,4-10H2,1-3H3,(H,33,34,37). The van der Waals surface area contributed by atoms with Crippen molar-refractivity contribution in [3.63, 3.8) is 0 Å². The zero-order chi connectivity index (χ0) is 29.8. The van der Waals surface area contributed by atoms with Crippen LogP contribution in [0.25, 0.3) is 16.9 Å². The van der Waals surface area contributed by atoms with Crippen molar-refractivity contribution in [2.24, 2.45) is 0 Å². The second kappa shape index (κ2) is 12.3. The van der Waals surface area contributed by atoms with Crippen LogP contribution in [-0.4, -0.2) is 34.6 Å². The third kappa shape index (κ3) is 6.89. The number of rotatable bonds is 12. The van der Waals surface area contributed by atoms with Crippen LogP contribution in [0.3, 0.4) is 0 Å². The molecule has 2 aromatic heterocycles. The van der Waals surface area contributed by atoms with Gasteiger partial charge >= 0.3 is 6.18 Å². The summed E-state index contributed by atoms with van der Waals surface area (Å²) in [7, 11) is -4.23. The number of nitrogens with one attached hydrogen (secondary N) is 2. The van der Waals surface area contributed by atoms with Gasteiger partial charge in [-0.3, -0.25) is 9.52 Å². The van der Waals surface area contributed by atoms with Gasteiger partial charge in [0.25, 0.3) is 15.6 Å². The minimum Gasteiger partial charge on any atom is -0.493 e. The SMILES string of the molecule is CCCCCCCc1nc(C)c2c(=O)[nH]c(-c3cc(S(=O)(=O)Nc4ccc(C(F)(F)F)cc4)ccc3OCC)nn12. The van der Waals surface area contributed by atoms with Crippen molar-refractivity contribution in [3.8, 4) is 17.1 Å². The van der Waals surface area contributed by atoms with Gasteiger partial charge in [-0.05, 0) is 62.7 Å². The van der Waals surface area contributed by atoms with Crippen LogP contribution in [0.15, 0.2) is 52.2 Å². The minimum atomic E-state index is -4.55. The number of hydrogen-bond donors (Lipinski definition) is 2. The molecule has 4 rings (SSSR count). The average Bonchev–Trinajstić information content (AvgIpc) is 3.24. The molecular formula is C28H32F3N5O4S. The molecule has 13 heteroatoms. The molecule has 0 radical (unpaired) electrons. The molecule has 0 saturated heterocycles. The van der Waals surface area contributed by atoms with E-state index in [2.05, 4.69) is 26.7 Å². The van der Waals surface area contributed by atoms with Crippen LogP contribution in [0, 0.1) is 6.92 Å². The number of fused-ring (bicyclic) bond motifs is 1. The number of unbranched alkanes of at least 4 members (excludes halogenated alkanes) is 4. The van der Waals surface area contributed by atoms with Crippen LogP contribution < -0.4 is 15.0 Å². The van der Waals surface area contributed by atoms with Gasteiger partial charge in [-0.15, -0.1) is 5.10 Å². The Labute approximate surface area is 235 Å². The molecule has 0 aliphatic rings. The molecule has 0 saturated carbocycles. The molecule has 0 atom stereocenters. The van der Waals surface area contributed by atoms with E-state index in [0.717, 1.165) is 56.4 Å². The van der Waals surface area contributed by atoms with Crippen LogP contribution in [0.5, 0.6) is 5.75 Å². The van der Waals surface area contributed by atoms with Crippen molar-refractivity contribution in [1.29, 1.82) is 0 Å². The molecule has 0 aliphatic heterocycles. The number of nitrogens with zero attached hydrogens (tertiary/aromatic N) is 3. The highest BCUT2D eigenvalue weighted by atomic mass is 32.2. The topological polar surface area (TPSA) is 118 Å². The van der Waals surface area contributed by atoms with Crippen molar-refractivity contribution in [2.45, 2.75) is 70.4 Å². The van der Waals surface area contributed by atoms with E-state index in [-0.39, 0.29) is 28.6 Å². The summed E-state index contributed by atoms with van der Waals surface area (Å²) in [5.41, 5.74) is -0.306. The van der Waals surface area contributed by atoms with Crippen LogP contribution in [0.2, 0.25) is 0 Å². The van der Waals surface area contributed by atoms with Gasteiger partial charge in [0.2, 0.25) is 0 Å². The van der Waals surface area contributed by atoms with Crippen molar-refractivity contribution in [3.05, 3.63) is 69.9 Å². The Morgan fingerprint density at radius 2 is 1.73 bits per heavy atom. The number of hydrogen-bond acceptors (Lipinski definition) is 6. The quantitative estimate of drug-likeness (QED) is 0.192. The molecule has 2 N–H and O–H groups in total. The van der Waals surface area contributed by atoms with E-state index in [1.54, 1.807) is 13.8 Å². The summed E-state index contributed by atoms with van der Waals surface area (Å²) in [5.74, 6) is 1.01. The molecule has 2 aromatic carbocycles. The van der Waals surface area contributed by atoms with E-state index < -0.39 is 27.3 Å². The zero-order valence-electron chi connectivity index (χ0n) is 23.0. The second-order valence-corrected chi connectivity index (χ2v) is 11.3. The molecule has 0 aliphatic carbocycles. The number of benzene rings is 2. The molecule has 0 bridgehead atoms. The van der Waals surface area contributed by atoms with Gasteiger partial charge in [-0.25, -0.2) is 17.9 Å². The maximum absolute atomic E-state index is 13.2. The van der Waals surface area contributed by atoms with Gasteiger partial charge in [0.1, 0.15) is 11.6 Å². The van der Waals surface area contributed by atoms with Gasteiger partial charge in [0.05, 0.1) is 28.3 Å². The first kappa shape index (κ1) is 30.1. The van der Waals surface area contributed by atoms with Gasteiger partial charge in [-0.2, -0.15) is 13.2 Å². The van der Waals surface area contributed by atoms with Crippen LogP contribution in [0.4, 0.5) is 18.9 Å². The summed E-state index contributed by atoms with van der Waals surface area (Å²) in [4.78, 5) is 20.2. The number of aryl methyl sites for hydroxylation is 2. The molecule has 0 fully saturated rings. The van der Waals surface area contributed by atoms with Crippen molar-refractivity contribution in [1.82, 2.24) is 19.6 Å². The van der Waals surface area contributed by atoms with E-state index >= 15 is 0 Å². The predicted octanol–water partition coefficient (Wildman–Crippen LogP) is 6.12. The zero-order valence-corrected chi connectivity index (χ0v) is 23.8. The van der Waals surface area contributed by atoms with E-state index in [1.165, 1.54) is 22.7 Å². The molecule has 0 amide bonds. The fraction of sp³-hybridized carbons (Fsp3) is 0.393. The highest BCUT2D eigenvalue weighted by Crippen LogP contribution is 2.32. The molecule has 9 nitrogen and oxygen atoms in total. The Morgan fingerprint density at radius 1 is 1.02 bits per heavy atom. The fourth-order valence-corrected chi connectivity index (χ4v) is 5.57. The normalized spacial score (nSPS) is 12.1. The largest absolute Gasteiger partial charge is 0.493 e. The Hall–Kier alpha value is -3.87. The van der Waals surface area contributed by atoms with Crippen molar-refractivity contribution < 1.29 is 26.3 Å². The number of anilines is 1. The fourth-order valence-electron chi connectivity index (χ4n) is 4.49. The van der Waals surface area contributed by atoms with Crippen molar-refractivity contribution >= 4 is 21.2 Å². The predicted molar refractivity (Wildman–Crippen MR) is 150 cm³/mol. The van der Waals surface area contributed by atoms with Gasteiger partial charge in [0.15, 0.2) is 11.3 Å². The number of imidazole rings is 1. The van der Waals surface area contributed by atoms with E-state index in [0.29, 0.717) is 29.2 Å². The number of aromatic amines is 1. The first-order valence-corrected chi connectivity index (χ1v) is 14.9. The summed E-state index contributed by atoms with van der Waals surface area (Å²) in [6, 6.07) is 7.70. The lowest BCUT2D eigenvalue weighted by atomic mass is 10.1. The lowest BCUT2D eigenvalue weighted by Crippen LogP contribution is -2.17. The highest BCUT2D eigenvalue weighted by molar-refractivity contribution is 7.92. The van der Waals surface area contributed by atoms with Crippen LogP contribution in [0.1, 0.15) is 63.0 Å². The van der Waals surface area contributed by atoms with E-state index in [9.17, 15) is 26.4 Å². The monoisotopic (exact) mass is 591 g/mol. The maximum Gasteiger partial charge on any atom is 0.416 e. The summed E-state index contributed by atoms with van der Waals surface area (Å²) < 4.78 is 74.6. The molecule has 41 heavy (non-hydrogen) atoms. The molecule has 0 spiro atoms. The van der Waals surface area contributed by atoms with E-state index in [1.807, 2.05) is 0 Å². The molecule has 4 aromatic rings. The third-order valence-corrected chi connectivity index (χ3v) is 7.91. The average molecular weight is 592 g/mol. The first-order valence-electron chi connectivity index (χ1n) is 13.4. The summed E-state index contributed by atoms with van der Waals surface area (Å²) in [5, 5.41) is 4.62. The lowest BCUT2D eigenvalue weighted by molar-refractivity contribution is -0.137. The summed E-state index contributed by atoms with van der Waals surface area (Å²) >= 11 is 0. The highest BCUT2D eigenvalue weighted by Gasteiger charge is 2.30. The molecule has 2 heterocycles. The number of H-pyrrole nitrogens is 1. The minimum absolute atomic E-state index is 0.0427. The Balaban J connectivity index is 1.71. The Morgan fingerprint density at radius 3 is 2.39 bits per heavy atom. The number of sulfonamides is 1. The summed E-state index contributed by atoms with van der Waals surface area (Å²) in [6.07, 6.45) is 1.37. The number of halogens is 3. The van der Waals surface area contributed by atoms with Gasteiger partial charge in [0, 0.05) is 12.1 Å². The number of aromatic nitrogens is 4. The Bertz CT molecular complexity index is 1680. The van der Waals surface area contributed by atoms with Gasteiger partial charge < -0.3 is 9.72 Å². The number of alkyl halides is 3. The molecular weight excluding hydrogens is 559 g/mol. The third-order valence-electron chi connectivity index (χ3n) is 6.53. The van der Waals surface area contributed by atoms with Crippen molar-refractivity contribution in [2.75, 3.05) is 11.3 Å². The maximum atomic E-state index is 13.2. The molecule has 220 valence electrons. The lowest BCUT2D eigenvalue weighted by Gasteiger charge is -2.14. The number of ether oxygens (including phenoxy) is 1. The van der Waals surface area contributed by atoms with Crippen LogP contribution in [-0.2, 0) is 22.6 Å².